The topological polar surface area (TPSA) is 75.2 Å². The predicted molar refractivity (Wildman–Crippen MR) is 104 cm³/mol. The number of nitrogens with one attached hydrogen (secondary N) is 1. The van der Waals surface area contributed by atoms with Crippen molar-refractivity contribution < 1.29 is 9.59 Å². The number of Topliss-reactive ketones (excluding diaryl/α,β-unsaturated/α-hetero) is 1. The second-order valence-electron chi connectivity index (χ2n) is 6.17. The fraction of sp³-hybridized carbons (Fsp3) is 0.143. The third kappa shape index (κ3) is 4.76. The van der Waals surface area contributed by atoms with Crippen LogP contribution in [-0.2, 0) is 6.54 Å². The van der Waals surface area contributed by atoms with Crippen LogP contribution in [0.15, 0.2) is 66.9 Å². The summed E-state index contributed by atoms with van der Waals surface area (Å²) in [5.74, 6) is 0.146. The van der Waals surface area contributed by atoms with Gasteiger partial charge in [0.25, 0.3) is 5.91 Å². The van der Waals surface area contributed by atoms with E-state index in [2.05, 4.69) is 15.3 Å². The minimum Gasteiger partial charge on any atom is -0.336 e. The molecular formula is C21H20N4O2. The van der Waals surface area contributed by atoms with Gasteiger partial charge in [-0.2, -0.15) is 0 Å². The molecule has 6 nitrogen and oxygen atoms in total. The molecule has 3 aromatic rings. The van der Waals surface area contributed by atoms with Crippen LogP contribution in [0.4, 0.5) is 11.6 Å². The van der Waals surface area contributed by atoms with Gasteiger partial charge in [-0.05, 0) is 42.8 Å². The largest absolute Gasteiger partial charge is 0.336 e. The number of rotatable bonds is 6. The lowest BCUT2D eigenvalue weighted by Crippen LogP contribution is -2.27. The van der Waals surface area contributed by atoms with Crippen molar-refractivity contribution in [2.45, 2.75) is 13.5 Å². The van der Waals surface area contributed by atoms with Gasteiger partial charge in [0.05, 0.1) is 0 Å². The number of anilines is 2. The molecule has 0 radical (unpaired) electrons. The maximum Gasteiger partial charge on any atom is 0.272 e. The van der Waals surface area contributed by atoms with E-state index in [9.17, 15) is 9.59 Å². The van der Waals surface area contributed by atoms with Gasteiger partial charge in [-0.25, -0.2) is 9.97 Å². The summed E-state index contributed by atoms with van der Waals surface area (Å²) in [4.78, 5) is 34.1. The molecule has 0 aliphatic rings. The van der Waals surface area contributed by atoms with E-state index in [1.807, 2.05) is 30.3 Å². The van der Waals surface area contributed by atoms with E-state index in [0.717, 1.165) is 11.3 Å². The molecule has 136 valence electrons. The fourth-order valence-electron chi connectivity index (χ4n) is 2.58. The van der Waals surface area contributed by atoms with E-state index in [1.54, 1.807) is 48.5 Å². The first-order valence-corrected chi connectivity index (χ1v) is 8.53. The Hall–Kier alpha value is -3.54. The molecule has 0 atom stereocenters. The lowest BCUT2D eigenvalue weighted by Gasteiger charge is -2.17. The predicted octanol–water partition coefficient (Wildman–Crippen LogP) is 3.70. The molecule has 0 aliphatic heterocycles. The number of hydrogen-bond acceptors (Lipinski definition) is 5. The highest BCUT2D eigenvalue weighted by Crippen LogP contribution is 2.15. The highest BCUT2D eigenvalue weighted by molar-refractivity contribution is 5.94. The zero-order valence-electron chi connectivity index (χ0n) is 15.2. The number of carbonyl (C=O) groups excluding carboxylic acids is 2. The van der Waals surface area contributed by atoms with Crippen LogP contribution in [0.1, 0.15) is 33.3 Å². The van der Waals surface area contributed by atoms with Gasteiger partial charge in [-0.3, -0.25) is 9.59 Å². The van der Waals surface area contributed by atoms with Crippen LogP contribution in [0.2, 0.25) is 0 Å². The molecule has 0 saturated carbocycles. The highest BCUT2D eigenvalue weighted by Gasteiger charge is 2.14. The van der Waals surface area contributed by atoms with Crippen molar-refractivity contribution in [1.82, 2.24) is 14.9 Å². The minimum absolute atomic E-state index is 0.00634. The Morgan fingerprint density at radius 1 is 1.00 bits per heavy atom. The summed E-state index contributed by atoms with van der Waals surface area (Å²) in [5, 5.41) is 3.05. The van der Waals surface area contributed by atoms with Crippen molar-refractivity contribution in [2.24, 2.45) is 0 Å². The molecule has 0 bridgehead atoms. The Bertz CT molecular complexity index is 940. The van der Waals surface area contributed by atoms with Crippen LogP contribution in [0, 0.1) is 0 Å². The molecular weight excluding hydrogens is 340 g/mol. The Kier molecular flexibility index (Phi) is 5.56. The number of ketones is 1. The van der Waals surface area contributed by atoms with Gasteiger partial charge in [0.15, 0.2) is 5.78 Å². The second-order valence-corrected chi connectivity index (χ2v) is 6.17. The molecule has 0 fully saturated rings. The van der Waals surface area contributed by atoms with Crippen molar-refractivity contribution in [1.29, 1.82) is 0 Å². The van der Waals surface area contributed by atoms with Crippen LogP contribution >= 0.6 is 0 Å². The van der Waals surface area contributed by atoms with Gasteiger partial charge in [0, 0.05) is 31.0 Å². The lowest BCUT2D eigenvalue weighted by molar-refractivity contribution is 0.0779. The van der Waals surface area contributed by atoms with E-state index < -0.39 is 0 Å². The number of nitrogens with zero attached hydrogens (tertiary/aromatic N) is 3. The first-order chi connectivity index (χ1) is 13.0. The van der Waals surface area contributed by atoms with Crippen LogP contribution in [0.25, 0.3) is 0 Å². The van der Waals surface area contributed by atoms with Crippen molar-refractivity contribution >= 4 is 23.3 Å². The number of benzene rings is 2. The zero-order valence-corrected chi connectivity index (χ0v) is 15.2. The molecule has 1 aromatic heterocycles. The third-order valence-corrected chi connectivity index (χ3v) is 4.03. The summed E-state index contributed by atoms with van der Waals surface area (Å²) in [6.45, 7) is 2.02. The van der Waals surface area contributed by atoms with E-state index in [4.69, 9.17) is 0 Å². The summed E-state index contributed by atoms with van der Waals surface area (Å²) in [6.07, 6.45) is 1.54. The molecule has 0 aliphatic carbocycles. The molecule has 6 heteroatoms. The molecule has 0 unspecified atom stereocenters. The summed E-state index contributed by atoms with van der Waals surface area (Å²) in [5.41, 5.74) is 2.73. The van der Waals surface area contributed by atoms with Crippen LogP contribution < -0.4 is 5.32 Å². The third-order valence-electron chi connectivity index (χ3n) is 4.03. The summed E-state index contributed by atoms with van der Waals surface area (Å²) < 4.78 is 0. The Morgan fingerprint density at radius 3 is 2.37 bits per heavy atom. The Morgan fingerprint density at radius 2 is 1.70 bits per heavy atom. The molecule has 3 rings (SSSR count). The first kappa shape index (κ1) is 18.3. The normalized spacial score (nSPS) is 10.3. The minimum atomic E-state index is -0.184. The van der Waals surface area contributed by atoms with Gasteiger partial charge in [0.2, 0.25) is 5.95 Å². The Labute approximate surface area is 157 Å². The second kappa shape index (κ2) is 8.23. The number of aromatic nitrogens is 2. The number of carbonyl (C=O) groups is 2. The van der Waals surface area contributed by atoms with Gasteiger partial charge in [-0.15, -0.1) is 0 Å². The fourth-order valence-corrected chi connectivity index (χ4v) is 2.58. The lowest BCUT2D eigenvalue weighted by atomic mass is 10.1. The van der Waals surface area contributed by atoms with Crippen molar-refractivity contribution in [2.75, 3.05) is 12.4 Å². The highest BCUT2D eigenvalue weighted by atomic mass is 16.2. The maximum atomic E-state index is 12.6. The van der Waals surface area contributed by atoms with Crippen LogP contribution in [-0.4, -0.2) is 33.6 Å². The molecule has 27 heavy (non-hydrogen) atoms. The van der Waals surface area contributed by atoms with Gasteiger partial charge in [-0.1, -0.05) is 30.3 Å². The monoisotopic (exact) mass is 360 g/mol. The molecule has 1 N–H and O–H groups in total. The van der Waals surface area contributed by atoms with E-state index in [0.29, 0.717) is 23.8 Å². The Balaban J connectivity index is 1.70. The van der Waals surface area contributed by atoms with Crippen LogP contribution in [0.3, 0.4) is 0 Å². The van der Waals surface area contributed by atoms with E-state index >= 15 is 0 Å². The van der Waals surface area contributed by atoms with Gasteiger partial charge in [0.1, 0.15) is 5.69 Å². The van der Waals surface area contributed by atoms with E-state index in [-0.39, 0.29) is 11.7 Å². The van der Waals surface area contributed by atoms with Gasteiger partial charge >= 0.3 is 0 Å². The smallest absolute Gasteiger partial charge is 0.272 e. The van der Waals surface area contributed by atoms with Crippen LogP contribution in [0.5, 0.6) is 0 Å². The number of hydrogen-bond donors (Lipinski definition) is 1. The molecule has 1 heterocycles. The summed E-state index contributed by atoms with van der Waals surface area (Å²) >= 11 is 0. The van der Waals surface area contributed by atoms with E-state index in [1.165, 1.54) is 6.92 Å². The number of amides is 1. The molecule has 0 spiro atoms. The van der Waals surface area contributed by atoms with Crippen molar-refractivity contribution in [3.8, 4) is 0 Å². The SMILES string of the molecule is CC(=O)c1ccc(Nc2nccc(C(=O)N(C)Cc3ccccc3)n2)cc1. The van der Waals surface area contributed by atoms with Gasteiger partial charge < -0.3 is 10.2 Å². The average molecular weight is 360 g/mol. The zero-order chi connectivity index (χ0) is 19.2. The summed E-state index contributed by atoms with van der Waals surface area (Å²) in [7, 11) is 1.74. The average Bonchev–Trinajstić information content (AvgIpc) is 2.69. The molecule has 2 aromatic carbocycles. The quantitative estimate of drug-likeness (QED) is 0.679. The summed E-state index contributed by atoms with van der Waals surface area (Å²) in [6, 6.07) is 18.4. The maximum absolute atomic E-state index is 12.6. The molecule has 1 amide bonds. The molecule has 0 saturated heterocycles. The van der Waals surface area contributed by atoms with Crippen molar-refractivity contribution in [3.63, 3.8) is 0 Å². The van der Waals surface area contributed by atoms with Crippen molar-refractivity contribution in [3.05, 3.63) is 83.7 Å². The first-order valence-electron chi connectivity index (χ1n) is 8.53. The standard InChI is InChI=1S/C21H20N4O2/c1-15(26)17-8-10-18(11-9-17)23-21-22-13-12-19(24-21)20(27)25(2)14-16-6-4-3-5-7-16/h3-13H,14H2,1-2H3,(H,22,23,24).